The van der Waals surface area contributed by atoms with E-state index in [1.807, 2.05) is 11.6 Å². The average molecular weight is 423 g/mol. The van der Waals surface area contributed by atoms with Crippen LogP contribution in [0.1, 0.15) is 38.4 Å². The summed E-state index contributed by atoms with van der Waals surface area (Å²) in [6.07, 6.45) is 4.10. The monoisotopic (exact) mass is 422 g/mol. The Morgan fingerprint density at radius 1 is 1.24 bits per heavy atom. The number of hydrogen-bond acceptors (Lipinski definition) is 5. The first kappa shape index (κ1) is 21.7. The molecule has 3 rings (SSSR count). The largest absolute Gasteiger partial charge is 0.379 e. The molecule has 1 N–H and O–H groups in total. The van der Waals surface area contributed by atoms with Crippen molar-refractivity contribution in [3.05, 3.63) is 24.0 Å². The van der Waals surface area contributed by atoms with Gasteiger partial charge in [-0.1, -0.05) is 19.8 Å². The molecule has 0 spiro atoms. The van der Waals surface area contributed by atoms with Crippen LogP contribution in [0.3, 0.4) is 0 Å². The van der Waals surface area contributed by atoms with Gasteiger partial charge in [-0.3, -0.25) is 4.79 Å². The fourth-order valence-electron chi connectivity index (χ4n) is 3.47. The lowest BCUT2D eigenvalue weighted by Gasteiger charge is -2.26. The standard InChI is InChI=1S/C20H30N4O4S/c1-3-4-5-10-21-20(25)9-8-19-22-17-15-16(6-7-18(17)23(19)2)29(26,27)24-11-13-28-14-12-24/h6-7,15H,3-5,8-14H2,1-2H3,(H,21,25). The van der Waals surface area contributed by atoms with Gasteiger partial charge in [0, 0.05) is 39.5 Å². The Labute approximate surface area is 172 Å². The van der Waals surface area contributed by atoms with Crippen LogP contribution in [0.2, 0.25) is 0 Å². The van der Waals surface area contributed by atoms with E-state index in [0.29, 0.717) is 51.2 Å². The van der Waals surface area contributed by atoms with Crippen LogP contribution in [0.5, 0.6) is 0 Å². The second-order valence-electron chi connectivity index (χ2n) is 7.31. The summed E-state index contributed by atoms with van der Waals surface area (Å²) in [5.41, 5.74) is 1.48. The van der Waals surface area contributed by atoms with Gasteiger partial charge >= 0.3 is 0 Å². The molecule has 0 bridgehead atoms. The van der Waals surface area contributed by atoms with Crippen molar-refractivity contribution in [3.8, 4) is 0 Å². The van der Waals surface area contributed by atoms with E-state index in [9.17, 15) is 13.2 Å². The molecule has 0 saturated carbocycles. The lowest BCUT2D eigenvalue weighted by molar-refractivity contribution is -0.121. The van der Waals surface area contributed by atoms with Crippen molar-refractivity contribution in [1.82, 2.24) is 19.2 Å². The summed E-state index contributed by atoms with van der Waals surface area (Å²) in [6, 6.07) is 5.03. The van der Waals surface area contributed by atoms with E-state index in [-0.39, 0.29) is 10.8 Å². The minimum Gasteiger partial charge on any atom is -0.379 e. The van der Waals surface area contributed by atoms with Crippen molar-refractivity contribution in [3.63, 3.8) is 0 Å². The number of sulfonamides is 1. The molecule has 0 atom stereocenters. The summed E-state index contributed by atoms with van der Waals surface area (Å²) in [5.74, 6) is 0.786. The van der Waals surface area contributed by atoms with Gasteiger partial charge in [0.25, 0.3) is 0 Å². The number of nitrogens with zero attached hydrogens (tertiary/aromatic N) is 3. The van der Waals surface area contributed by atoms with E-state index in [2.05, 4.69) is 17.2 Å². The van der Waals surface area contributed by atoms with Crippen LogP contribution in [-0.2, 0) is 33.0 Å². The predicted molar refractivity (Wildman–Crippen MR) is 111 cm³/mol. The quantitative estimate of drug-likeness (QED) is 0.623. The molecule has 0 radical (unpaired) electrons. The van der Waals surface area contributed by atoms with Gasteiger partial charge in [0.05, 0.1) is 29.1 Å². The molecule has 1 fully saturated rings. The SMILES string of the molecule is CCCCCNC(=O)CCc1nc2cc(S(=O)(=O)N3CCOCC3)ccc2n1C. The van der Waals surface area contributed by atoms with Crippen molar-refractivity contribution in [2.45, 2.75) is 43.9 Å². The number of aromatic nitrogens is 2. The van der Waals surface area contributed by atoms with E-state index in [4.69, 9.17) is 4.74 Å². The fourth-order valence-corrected chi connectivity index (χ4v) is 4.89. The van der Waals surface area contributed by atoms with Crippen molar-refractivity contribution >= 4 is 27.0 Å². The number of carbonyl (C=O) groups is 1. The Bertz CT molecular complexity index is 949. The molecule has 1 amide bonds. The summed E-state index contributed by atoms with van der Waals surface area (Å²) in [5, 5.41) is 2.94. The van der Waals surface area contributed by atoms with Gasteiger partial charge in [0.2, 0.25) is 15.9 Å². The molecule has 1 saturated heterocycles. The number of benzene rings is 1. The van der Waals surface area contributed by atoms with Gasteiger partial charge in [0.15, 0.2) is 0 Å². The molecule has 1 aromatic heterocycles. The number of fused-ring (bicyclic) bond motifs is 1. The first-order chi connectivity index (χ1) is 13.9. The molecular formula is C20H30N4O4S. The first-order valence-electron chi connectivity index (χ1n) is 10.2. The molecule has 9 heteroatoms. The van der Waals surface area contributed by atoms with Crippen LogP contribution in [0, 0.1) is 0 Å². The van der Waals surface area contributed by atoms with Crippen LogP contribution in [-0.4, -0.2) is 61.0 Å². The maximum Gasteiger partial charge on any atom is 0.243 e. The fraction of sp³-hybridized carbons (Fsp3) is 0.600. The number of rotatable bonds is 9. The number of nitrogens with one attached hydrogen (secondary N) is 1. The molecule has 0 unspecified atom stereocenters. The second kappa shape index (κ2) is 9.69. The molecular weight excluding hydrogens is 392 g/mol. The Hall–Kier alpha value is -1.97. The van der Waals surface area contributed by atoms with Crippen LogP contribution in [0.25, 0.3) is 11.0 Å². The molecule has 2 aromatic rings. The van der Waals surface area contributed by atoms with Gasteiger partial charge in [-0.05, 0) is 24.6 Å². The van der Waals surface area contributed by atoms with Gasteiger partial charge in [0.1, 0.15) is 5.82 Å². The molecule has 0 aliphatic carbocycles. The average Bonchev–Trinajstić information content (AvgIpc) is 3.05. The molecule has 29 heavy (non-hydrogen) atoms. The number of unbranched alkanes of at least 4 members (excludes halogenated alkanes) is 2. The third-order valence-corrected chi connectivity index (χ3v) is 7.13. The third kappa shape index (κ3) is 5.15. The van der Waals surface area contributed by atoms with E-state index in [1.54, 1.807) is 18.2 Å². The van der Waals surface area contributed by atoms with E-state index in [1.165, 1.54) is 4.31 Å². The van der Waals surface area contributed by atoms with Gasteiger partial charge in [-0.15, -0.1) is 0 Å². The van der Waals surface area contributed by atoms with Crippen LogP contribution < -0.4 is 5.32 Å². The van der Waals surface area contributed by atoms with Crippen LogP contribution in [0.4, 0.5) is 0 Å². The molecule has 1 aliphatic heterocycles. The second-order valence-corrected chi connectivity index (χ2v) is 9.25. The zero-order chi connectivity index (χ0) is 20.9. The van der Waals surface area contributed by atoms with Crippen LogP contribution in [0.15, 0.2) is 23.1 Å². The highest BCUT2D eigenvalue weighted by Crippen LogP contribution is 2.23. The number of amides is 1. The summed E-state index contributed by atoms with van der Waals surface area (Å²) < 4.78 is 34.4. The Balaban J connectivity index is 1.70. The van der Waals surface area contributed by atoms with Gasteiger partial charge in [-0.2, -0.15) is 4.31 Å². The van der Waals surface area contributed by atoms with Gasteiger partial charge in [-0.25, -0.2) is 13.4 Å². The van der Waals surface area contributed by atoms with Crippen molar-refractivity contribution in [2.75, 3.05) is 32.8 Å². The lowest BCUT2D eigenvalue weighted by Crippen LogP contribution is -2.40. The third-order valence-electron chi connectivity index (χ3n) is 5.23. The van der Waals surface area contributed by atoms with E-state index in [0.717, 1.165) is 30.6 Å². The number of imidazole rings is 1. The van der Waals surface area contributed by atoms with Crippen LogP contribution >= 0.6 is 0 Å². The number of carbonyl (C=O) groups excluding carboxylic acids is 1. The van der Waals surface area contributed by atoms with E-state index < -0.39 is 10.0 Å². The Morgan fingerprint density at radius 2 is 2.00 bits per heavy atom. The zero-order valence-corrected chi connectivity index (χ0v) is 18.0. The number of hydrogen-bond donors (Lipinski definition) is 1. The highest BCUT2D eigenvalue weighted by molar-refractivity contribution is 7.89. The van der Waals surface area contributed by atoms with E-state index >= 15 is 0 Å². The highest BCUT2D eigenvalue weighted by Gasteiger charge is 2.27. The zero-order valence-electron chi connectivity index (χ0n) is 17.2. The predicted octanol–water partition coefficient (Wildman–Crippen LogP) is 1.83. The molecule has 2 heterocycles. The van der Waals surface area contributed by atoms with Crippen molar-refractivity contribution in [2.24, 2.45) is 7.05 Å². The maximum absolute atomic E-state index is 12.9. The maximum atomic E-state index is 12.9. The summed E-state index contributed by atoms with van der Waals surface area (Å²) in [7, 11) is -1.67. The lowest BCUT2D eigenvalue weighted by atomic mass is 10.2. The molecule has 1 aliphatic rings. The summed E-state index contributed by atoms with van der Waals surface area (Å²) in [4.78, 5) is 16.9. The minimum absolute atomic E-state index is 0.0174. The number of morpholine rings is 1. The van der Waals surface area contributed by atoms with Crippen molar-refractivity contribution in [1.29, 1.82) is 0 Å². The normalized spacial score (nSPS) is 15.7. The highest BCUT2D eigenvalue weighted by atomic mass is 32.2. The Kier molecular flexibility index (Phi) is 7.26. The molecule has 8 nitrogen and oxygen atoms in total. The molecule has 1 aromatic carbocycles. The molecule has 160 valence electrons. The van der Waals surface area contributed by atoms with Gasteiger partial charge < -0.3 is 14.6 Å². The topological polar surface area (TPSA) is 93.5 Å². The summed E-state index contributed by atoms with van der Waals surface area (Å²) in [6.45, 7) is 4.39. The van der Waals surface area contributed by atoms with Crippen molar-refractivity contribution < 1.29 is 17.9 Å². The number of ether oxygens (including phenoxy) is 1. The number of aryl methyl sites for hydroxylation is 2. The first-order valence-corrected chi connectivity index (χ1v) is 11.7. The Morgan fingerprint density at radius 3 is 2.72 bits per heavy atom. The minimum atomic E-state index is -3.56. The summed E-state index contributed by atoms with van der Waals surface area (Å²) >= 11 is 0. The smallest absolute Gasteiger partial charge is 0.243 e.